The lowest BCUT2D eigenvalue weighted by Crippen LogP contribution is -2.45. The molecular weight excluding hydrogens is 318 g/mol. The number of guanidine groups is 1. The second-order valence-corrected chi connectivity index (χ2v) is 6.63. The number of nitrogens with zero attached hydrogens (tertiary/aromatic N) is 1. The van der Waals surface area contributed by atoms with Gasteiger partial charge in [0.15, 0.2) is 5.96 Å². The van der Waals surface area contributed by atoms with Crippen molar-refractivity contribution in [2.45, 2.75) is 51.8 Å². The lowest BCUT2D eigenvalue weighted by molar-refractivity contribution is 0.0822. The van der Waals surface area contributed by atoms with E-state index in [1.165, 1.54) is 5.56 Å². The molecule has 0 aromatic heterocycles. The van der Waals surface area contributed by atoms with Crippen LogP contribution in [-0.4, -0.2) is 45.0 Å². The Morgan fingerprint density at radius 1 is 1.32 bits per heavy atom. The van der Waals surface area contributed by atoms with Gasteiger partial charge in [-0.3, -0.25) is 0 Å². The molecule has 3 rings (SSSR count). The standard InChI is InChI=1S/C19H29N3O3/c1-4-20-19(22-16-5-7-24-8-6-16)21-12-15-11-18-14(9-13(2)25-18)10-17(15)23-3/h10-11,13,16H,4-9,12H2,1-3H3,(H2,20,21,22). The van der Waals surface area contributed by atoms with Crippen molar-refractivity contribution in [1.29, 1.82) is 0 Å². The molecule has 0 spiro atoms. The van der Waals surface area contributed by atoms with Crippen LogP contribution in [0, 0.1) is 0 Å². The van der Waals surface area contributed by atoms with Gasteiger partial charge in [-0.25, -0.2) is 4.99 Å². The van der Waals surface area contributed by atoms with Crippen molar-refractivity contribution in [3.63, 3.8) is 0 Å². The predicted octanol–water partition coefficient (Wildman–Crippen LogP) is 2.25. The third-order valence-corrected chi connectivity index (χ3v) is 4.61. The molecule has 0 bridgehead atoms. The Labute approximate surface area is 149 Å². The van der Waals surface area contributed by atoms with E-state index >= 15 is 0 Å². The molecule has 2 N–H and O–H groups in total. The van der Waals surface area contributed by atoms with Gasteiger partial charge in [-0.15, -0.1) is 0 Å². The van der Waals surface area contributed by atoms with Gasteiger partial charge in [-0.1, -0.05) is 0 Å². The van der Waals surface area contributed by atoms with Crippen molar-refractivity contribution in [2.75, 3.05) is 26.9 Å². The first-order chi connectivity index (χ1) is 12.2. The Morgan fingerprint density at radius 3 is 2.84 bits per heavy atom. The van der Waals surface area contributed by atoms with Crippen LogP contribution in [0.15, 0.2) is 17.1 Å². The zero-order chi connectivity index (χ0) is 17.6. The van der Waals surface area contributed by atoms with Crippen LogP contribution in [0.2, 0.25) is 0 Å². The first-order valence-corrected chi connectivity index (χ1v) is 9.18. The molecule has 1 atom stereocenters. The third kappa shape index (κ3) is 4.57. The summed E-state index contributed by atoms with van der Waals surface area (Å²) in [5, 5.41) is 6.83. The number of benzene rings is 1. The zero-order valence-electron chi connectivity index (χ0n) is 15.4. The van der Waals surface area contributed by atoms with Crippen LogP contribution in [0.3, 0.4) is 0 Å². The fraction of sp³-hybridized carbons (Fsp3) is 0.632. The average molecular weight is 347 g/mol. The van der Waals surface area contributed by atoms with Crippen molar-refractivity contribution in [2.24, 2.45) is 4.99 Å². The number of nitrogens with one attached hydrogen (secondary N) is 2. The van der Waals surface area contributed by atoms with Crippen LogP contribution in [0.25, 0.3) is 0 Å². The molecule has 6 nitrogen and oxygen atoms in total. The Kier molecular flexibility index (Phi) is 6.02. The minimum Gasteiger partial charge on any atom is -0.496 e. The van der Waals surface area contributed by atoms with E-state index in [1.54, 1.807) is 7.11 Å². The molecule has 0 aliphatic carbocycles. The van der Waals surface area contributed by atoms with Crippen LogP contribution >= 0.6 is 0 Å². The quantitative estimate of drug-likeness (QED) is 0.632. The molecule has 6 heteroatoms. The van der Waals surface area contributed by atoms with E-state index in [9.17, 15) is 0 Å². The van der Waals surface area contributed by atoms with E-state index in [0.717, 1.165) is 62.0 Å². The van der Waals surface area contributed by atoms with E-state index in [4.69, 9.17) is 19.2 Å². The molecule has 0 radical (unpaired) electrons. The van der Waals surface area contributed by atoms with E-state index in [1.807, 2.05) is 0 Å². The van der Waals surface area contributed by atoms with Crippen LogP contribution in [0.4, 0.5) is 0 Å². The molecule has 1 unspecified atom stereocenters. The van der Waals surface area contributed by atoms with E-state index in [2.05, 4.69) is 36.6 Å². The van der Waals surface area contributed by atoms with Crippen molar-refractivity contribution in [1.82, 2.24) is 10.6 Å². The summed E-state index contributed by atoms with van der Waals surface area (Å²) in [4.78, 5) is 4.75. The van der Waals surface area contributed by atoms with Gasteiger partial charge in [0.05, 0.1) is 13.7 Å². The maximum absolute atomic E-state index is 5.87. The summed E-state index contributed by atoms with van der Waals surface area (Å²) in [6.07, 6.45) is 3.19. The summed E-state index contributed by atoms with van der Waals surface area (Å²) < 4.78 is 16.9. The number of fused-ring (bicyclic) bond motifs is 1. The topological polar surface area (TPSA) is 64.1 Å². The minimum absolute atomic E-state index is 0.228. The second-order valence-electron chi connectivity index (χ2n) is 6.63. The lowest BCUT2D eigenvalue weighted by Gasteiger charge is -2.25. The Bertz CT molecular complexity index is 612. The fourth-order valence-corrected chi connectivity index (χ4v) is 3.31. The Morgan fingerprint density at radius 2 is 2.12 bits per heavy atom. The molecule has 0 saturated carbocycles. The second kappa shape index (κ2) is 8.43. The van der Waals surface area contributed by atoms with Crippen molar-refractivity contribution >= 4 is 5.96 Å². The number of methoxy groups -OCH3 is 1. The van der Waals surface area contributed by atoms with Gasteiger partial charge in [-0.05, 0) is 38.8 Å². The van der Waals surface area contributed by atoms with Gasteiger partial charge in [0, 0.05) is 43.3 Å². The van der Waals surface area contributed by atoms with Crippen LogP contribution in [-0.2, 0) is 17.7 Å². The lowest BCUT2D eigenvalue weighted by atomic mass is 10.1. The van der Waals surface area contributed by atoms with Crippen molar-refractivity contribution < 1.29 is 14.2 Å². The Balaban J connectivity index is 1.72. The molecule has 0 amide bonds. The molecule has 2 heterocycles. The van der Waals surface area contributed by atoms with Crippen LogP contribution in [0.1, 0.15) is 37.8 Å². The molecule has 2 aliphatic heterocycles. The molecule has 1 aromatic carbocycles. The summed E-state index contributed by atoms with van der Waals surface area (Å²) in [6, 6.07) is 4.57. The molecule has 138 valence electrons. The predicted molar refractivity (Wildman–Crippen MR) is 98.6 cm³/mol. The van der Waals surface area contributed by atoms with E-state index < -0.39 is 0 Å². The molecule has 1 aromatic rings. The highest BCUT2D eigenvalue weighted by atomic mass is 16.5. The normalized spacial score (nSPS) is 20.8. The van der Waals surface area contributed by atoms with E-state index in [0.29, 0.717) is 12.6 Å². The number of aliphatic imine (C=N–C) groups is 1. The SMILES string of the molecule is CCNC(=NCc1cc2c(cc1OC)CC(C)O2)NC1CCOCC1. The number of hydrogen-bond donors (Lipinski definition) is 2. The Hall–Kier alpha value is -1.95. The average Bonchev–Trinajstić information content (AvgIpc) is 2.98. The summed E-state index contributed by atoms with van der Waals surface area (Å²) in [5.41, 5.74) is 2.25. The van der Waals surface area contributed by atoms with E-state index in [-0.39, 0.29) is 6.10 Å². The smallest absolute Gasteiger partial charge is 0.191 e. The van der Waals surface area contributed by atoms with Gasteiger partial charge in [0.1, 0.15) is 17.6 Å². The summed E-state index contributed by atoms with van der Waals surface area (Å²) >= 11 is 0. The van der Waals surface area contributed by atoms with Gasteiger partial charge in [0.25, 0.3) is 0 Å². The van der Waals surface area contributed by atoms with Crippen molar-refractivity contribution in [3.8, 4) is 11.5 Å². The van der Waals surface area contributed by atoms with Crippen LogP contribution in [0.5, 0.6) is 11.5 Å². The first kappa shape index (κ1) is 17.9. The molecular formula is C19H29N3O3. The molecule has 1 fully saturated rings. The maximum Gasteiger partial charge on any atom is 0.191 e. The zero-order valence-corrected chi connectivity index (χ0v) is 15.4. The molecule has 1 saturated heterocycles. The van der Waals surface area contributed by atoms with Gasteiger partial charge in [-0.2, -0.15) is 0 Å². The summed E-state index contributed by atoms with van der Waals surface area (Å²) in [7, 11) is 1.71. The maximum atomic E-state index is 5.87. The summed E-state index contributed by atoms with van der Waals surface area (Å²) in [6.45, 7) is 7.16. The summed E-state index contributed by atoms with van der Waals surface area (Å²) in [5.74, 6) is 2.68. The van der Waals surface area contributed by atoms with Crippen molar-refractivity contribution in [3.05, 3.63) is 23.3 Å². The van der Waals surface area contributed by atoms with Gasteiger partial charge in [0.2, 0.25) is 0 Å². The highest BCUT2D eigenvalue weighted by Crippen LogP contribution is 2.35. The minimum atomic E-state index is 0.228. The third-order valence-electron chi connectivity index (χ3n) is 4.61. The largest absolute Gasteiger partial charge is 0.496 e. The first-order valence-electron chi connectivity index (χ1n) is 9.18. The highest BCUT2D eigenvalue weighted by Gasteiger charge is 2.22. The highest BCUT2D eigenvalue weighted by molar-refractivity contribution is 5.80. The van der Waals surface area contributed by atoms with Gasteiger partial charge < -0.3 is 24.8 Å². The van der Waals surface area contributed by atoms with Gasteiger partial charge >= 0.3 is 0 Å². The molecule has 25 heavy (non-hydrogen) atoms. The fourth-order valence-electron chi connectivity index (χ4n) is 3.31. The van der Waals surface area contributed by atoms with Crippen LogP contribution < -0.4 is 20.1 Å². The monoisotopic (exact) mass is 347 g/mol. The number of ether oxygens (including phenoxy) is 3. The number of rotatable bonds is 5. The molecule has 2 aliphatic rings. The number of hydrogen-bond acceptors (Lipinski definition) is 4.